The Morgan fingerprint density at radius 2 is 2.13 bits per heavy atom. The van der Waals surface area contributed by atoms with Gasteiger partial charge in [0, 0.05) is 18.6 Å². The lowest BCUT2D eigenvalue weighted by molar-refractivity contribution is -0.112. The molecule has 0 aliphatic carbocycles. The van der Waals surface area contributed by atoms with E-state index in [0.29, 0.717) is 0 Å². The van der Waals surface area contributed by atoms with Crippen LogP contribution in [0.1, 0.15) is 12.5 Å². The van der Waals surface area contributed by atoms with E-state index in [9.17, 15) is 4.79 Å². The number of carbonyl (C=O) groups is 1. The fourth-order valence-corrected chi connectivity index (χ4v) is 1.73. The first kappa shape index (κ1) is 9.71. The SMILES string of the molecule is CC(=O)/C=C/c1cccc2ccn(C)c12. The molecule has 0 N–H and O–H groups in total. The Morgan fingerprint density at radius 3 is 2.87 bits per heavy atom. The highest BCUT2D eigenvalue weighted by Crippen LogP contribution is 2.20. The number of nitrogens with zero attached hydrogens (tertiary/aromatic N) is 1. The summed E-state index contributed by atoms with van der Waals surface area (Å²) in [5, 5.41) is 1.20. The number of hydrogen-bond donors (Lipinski definition) is 0. The lowest BCUT2D eigenvalue weighted by atomic mass is 10.1. The van der Waals surface area contributed by atoms with Crippen LogP contribution in [0.25, 0.3) is 17.0 Å². The first-order chi connectivity index (χ1) is 7.18. The van der Waals surface area contributed by atoms with E-state index in [0.717, 1.165) is 11.1 Å². The van der Waals surface area contributed by atoms with E-state index in [1.54, 1.807) is 13.0 Å². The van der Waals surface area contributed by atoms with Gasteiger partial charge in [-0.3, -0.25) is 4.79 Å². The van der Waals surface area contributed by atoms with Gasteiger partial charge < -0.3 is 4.57 Å². The minimum Gasteiger partial charge on any atom is -0.350 e. The lowest BCUT2D eigenvalue weighted by Crippen LogP contribution is -1.88. The van der Waals surface area contributed by atoms with Crippen LogP contribution in [0.2, 0.25) is 0 Å². The third-order valence-electron chi connectivity index (χ3n) is 2.43. The zero-order chi connectivity index (χ0) is 10.8. The molecule has 1 heterocycles. The quantitative estimate of drug-likeness (QED) is 0.682. The Morgan fingerprint density at radius 1 is 1.33 bits per heavy atom. The van der Waals surface area contributed by atoms with Crippen molar-refractivity contribution in [3.63, 3.8) is 0 Å². The average molecular weight is 199 g/mol. The number of benzene rings is 1. The summed E-state index contributed by atoms with van der Waals surface area (Å²) in [5.41, 5.74) is 2.24. The van der Waals surface area contributed by atoms with Gasteiger partial charge in [0.1, 0.15) is 0 Å². The van der Waals surface area contributed by atoms with Crippen LogP contribution in [0.15, 0.2) is 36.5 Å². The Bertz CT molecular complexity index is 534. The van der Waals surface area contributed by atoms with E-state index in [1.165, 1.54) is 5.39 Å². The molecule has 0 amide bonds. The maximum absolute atomic E-state index is 10.9. The first-order valence-electron chi connectivity index (χ1n) is 4.91. The molecule has 2 nitrogen and oxygen atoms in total. The molecule has 0 spiro atoms. The van der Waals surface area contributed by atoms with Gasteiger partial charge >= 0.3 is 0 Å². The molecule has 0 fully saturated rings. The summed E-state index contributed by atoms with van der Waals surface area (Å²) in [6, 6.07) is 8.16. The van der Waals surface area contributed by atoms with Gasteiger partial charge in [0.15, 0.2) is 5.78 Å². The van der Waals surface area contributed by atoms with Gasteiger partial charge in [0.2, 0.25) is 0 Å². The fourth-order valence-electron chi connectivity index (χ4n) is 1.73. The zero-order valence-electron chi connectivity index (χ0n) is 8.90. The summed E-state index contributed by atoms with van der Waals surface area (Å²) >= 11 is 0. The number of aromatic nitrogens is 1. The maximum Gasteiger partial charge on any atom is 0.152 e. The van der Waals surface area contributed by atoms with Gasteiger partial charge in [-0.2, -0.15) is 0 Å². The molecule has 15 heavy (non-hydrogen) atoms. The predicted molar refractivity (Wildman–Crippen MR) is 62.6 cm³/mol. The largest absolute Gasteiger partial charge is 0.350 e. The monoisotopic (exact) mass is 199 g/mol. The molecule has 0 unspecified atom stereocenters. The van der Waals surface area contributed by atoms with E-state index in [4.69, 9.17) is 0 Å². The van der Waals surface area contributed by atoms with Crippen LogP contribution in [0.3, 0.4) is 0 Å². The minimum atomic E-state index is 0.0706. The van der Waals surface area contributed by atoms with Crippen LogP contribution < -0.4 is 0 Å². The number of para-hydroxylation sites is 1. The van der Waals surface area contributed by atoms with Crippen LogP contribution in [-0.2, 0) is 11.8 Å². The molecule has 0 saturated heterocycles. The highest BCUT2D eigenvalue weighted by atomic mass is 16.1. The van der Waals surface area contributed by atoms with Crippen LogP contribution in [0, 0.1) is 0 Å². The van der Waals surface area contributed by atoms with E-state index < -0.39 is 0 Å². The van der Waals surface area contributed by atoms with E-state index in [2.05, 4.69) is 16.7 Å². The van der Waals surface area contributed by atoms with Crippen molar-refractivity contribution in [2.75, 3.05) is 0 Å². The van der Waals surface area contributed by atoms with E-state index >= 15 is 0 Å². The Kier molecular flexibility index (Phi) is 2.42. The van der Waals surface area contributed by atoms with Crippen molar-refractivity contribution in [2.45, 2.75) is 6.92 Å². The number of aryl methyl sites for hydroxylation is 1. The molecule has 2 heteroatoms. The van der Waals surface area contributed by atoms with Crippen molar-refractivity contribution in [1.82, 2.24) is 4.57 Å². The Balaban J connectivity index is 2.59. The van der Waals surface area contributed by atoms with Gasteiger partial charge in [-0.1, -0.05) is 18.2 Å². The molecule has 2 rings (SSSR count). The van der Waals surface area contributed by atoms with Crippen molar-refractivity contribution in [2.24, 2.45) is 7.05 Å². The number of fused-ring (bicyclic) bond motifs is 1. The third kappa shape index (κ3) is 1.84. The van der Waals surface area contributed by atoms with Crippen LogP contribution in [-0.4, -0.2) is 10.4 Å². The summed E-state index contributed by atoms with van der Waals surface area (Å²) in [6.07, 6.45) is 5.49. The minimum absolute atomic E-state index is 0.0706. The van der Waals surface area contributed by atoms with Gasteiger partial charge in [-0.05, 0) is 30.7 Å². The topological polar surface area (TPSA) is 22.0 Å². The van der Waals surface area contributed by atoms with Gasteiger partial charge in [-0.25, -0.2) is 0 Å². The van der Waals surface area contributed by atoms with Crippen LogP contribution in [0.5, 0.6) is 0 Å². The van der Waals surface area contributed by atoms with Gasteiger partial charge in [-0.15, -0.1) is 0 Å². The molecule has 0 bridgehead atoms. The fraction of sp³-hybridized carbons (Fsp3) is 0.154. The van der Waals surface area contributed by atoms with Crippen molar-refractivity contribution in [1.29, 1.82) is 0 Å². The molecule has 76 valence electrons. The lowest BCUT2D eigenvalue weighted by Gasteiger charge is -2.00. The summed E-state index contributed by atoms with van der Waals surface area (Å²) in [5.74, 6) is 0.0706. The molecule has 0 radical (unpaired) electrons. The summed E-state index contributed by atoms with van der Waals surface area (Å²) in [7, 11) is 2.01. The van der Waals surface area contributed by atoms with Gasteiger partial charge in [0.25, 0.3) is 0 Å². The smallest absolute Gasteiger partial charge is 0.152 e. The van der Waals surface area contributed by atoms with E-state index in [-0.39, 0.29) is 5.78 Å². The van der Waals surface area contributed by atoms with Crippen molar-refractivity contribution >= 4 is 22.8 Å². The maximum atomic E-state index is 10.9. The van der Waals surface area contributed by atoms with Crippen LogP contribution >= 0.6 is 0 Å². The van der Waals surface area contributed by atoms with Crippen molar-refractivity contribution < 1.29 is 4.79 Å². The molecule has 1 aromatic heterocycles. The molecule has 0 saturated carbocycles. The Hall–Kier alpha value is -1.83. The second kappa shape index (κ2) is 3.73. The molecule has 1 aromatic carbocycles. The molecule has 2 aromatic rings. The summed E-state index contributed by atoms with van der Waals surface area (Å²) in [4.78, 5) is 10.9. The number of rotatable bonds is 2. The number of ketones is 1. The van der Waals surface area contributed by atoms with Gasteiger partial charge in [0.05, 0.1) is 5.52 Å². The number of carbonyl (C=O) groups excluding carboxylic acids is 1. The van der Waals surface area contributed by atoms with Crippen molar-refractivity contribution in [3.05, 3.63) is 42.1 Å². The average Bonchev–Trinajstić information content (AvgIpc) is 2.58. The molecular formula is C13H13NO. The third-order valence-corrected chi connectivity index (χ3v) is 2.43. The van der Waals surface area contributed by atoms with E-state index in [1.807, 2.05) is 31.5 Å². The Labute approximate surface area is 88.8 Å². The standard InChI is InChI=1S/C13H13NO/c1-10(15)6-7-11-4-3-5-12-8-9-14(2)13(11)12/h3-9H,1-2H3/b7-6+. The summed E-state index contributed by atoms with van der Waals surface area (Å²) in [6.45, 7) is 1.56. The number of hydrogen-bond acceptors (Lipinski definition) is 1. The summed E-state index contributed by atoms with van der Waals surface area (Å²) < 4.78 is 2.06. The number of allylic oxidation sites excluding steroid dienone is 1. The predicted octanol–water partition coefficient (Wildman–Crippen LogP) is 2.78. The van der Waals surface area contributed by atoms with Crippen LogP contribution in [0.4, 0.5) is 0 Å². The highest BCUT2D eigenvalue weighted by molar-refractivity contribution is 5.95. The first-order valence-corrected chi connectivity index (χ1v) is 4.91. The molecular weight excluding hydrogens is 186 g/mol. The normalized spacial score (nSPS) is 11.3. The molecule has 0 atom stereocenters. The second-order valence-electron chi connectivity index (χ2n) is 3.66. The molecule has 0 aliphatic heterocycles. The molecule has 0 aliphatic rings. The highest BCUT2D eigenvalue weighted by Gasteiger charge is 2.01. The second-order valence-corrected chi connectivity index (χ2v) is 3.66. The zero-order valence-corrected chi connectivity index (χ0v) is 8.90. The van der Waals surface area contributed by atoms with Crippen molar-refractivity contribution in [3.8, 4) is 0 Å².